The summed E-state index contributed by atoms with van der Waals surface area (Å²) in [6.45, 7) is 6.93. The van der Waals surface area contributed by atoms with Crippen LogP contribution in [0.1, 0.15) is 46.0 Å². The number of rotatable bonds is 10. The van der Waals surface area contributed by atoms with Crippen LogP contribution in [0.2, 0.25) is 0 Å². The molecule has 0 spiro atoms. The Morgan fingerprint density at radius 1 is 1.27 bits per heavy atom. The number of nitriles is 1. The van der Waals surface area contributed by atoms with Gasteiger partial charge in [0.15, 0.2) is 0 Å². The second-order valence-electron chi connectivity index (χ2n) is 3.74. The van der Waals surface area contributed by atoms with Crippen molar-refractivity contribution in [2.24, 2.45) is 0 Å². The molecular formula is C12H24N2O. The number of unbranched alkanes of at least 4 members (excludes halogenated alkanes) is 1. The lowest BCUT2D eigenvalue weighted by Gasteiger charge is -2.13. The Morgan fingerprint density at radius 3 is 2.60 bits per heavy atom. The fourth-order valence-electron chi connectivity index (χ4n) is 1.30. The second-order valence-corrected chi connectivity index (χ2v) is 3.74. The van der Waals surface area contributed by atoms with E-state index in [2.05, 4.69) is 25.2 Å². The standard InChI is InChI=1S/C12H24N2O/c1-3-5-10-15-11-6-9-14-12(4-2)7-8-13/h12,14H,3-7,9-11H2,1-2H3. The molecule has 0 heterocycles. The topological polar surface area (TPSA) is 45.0 Å². The van der Waals surface area contributed by atoms with E-state index in [1.807, 2.05) is 0 Å². The summed E-state index contributed by atoms with van der Waals surface area (Å²) in [5.74, 6) is 0. The maximum atomic E-state index is 8.55. The molecule has 0 aromatic heterocycles. The SMILES string of the molecule is CCCCOCCCNC(CC)CC#N. The lowest BCUT2D eigenvalue weighted by molar-refractivity contribution is 0.128. The van der Waals surface area contributed by atoms with E-state index in [0.717, 1.165) is 39.0 Å². The van der Waals surface area contributed by atoms with E-state index in [9.17, 15) is 0 Å². The Bertz CT molecular complexity index is 165. The van der Waals surface area contributed by atoms with E-state index in [1.165, 1.54) is 6.42 Å². The van der Waals surface area contributed by atoms with Crippen molar-refractivity contribution in [3.05, 3.63) is 0 Å². The van der Waals surface area contributed by atoms with Crippen LogP contribution in [0.5, 0.6) is 0 Å². The predicted molar refractivity (Wildman–Crippen MR) is 62.7 cm³/mol. The Balaban J connectivity index is 3.18. The van der Waals surface area contributed by atoms with Crippen LogP contribution in [-0.2, 0) is 4.74 Å². The molecule has 1 atom stereocenters. The largest absolute Gasteiger partial charge is 0.381 e. The Labute approximate surface area is 93.8 Å². The molecule has 15 heavy (non-hydrogen) atoms. The van der Waals surface area contributed by atoms with Gasteiger partial charge >= 0.3 is 0 Å². The third-order valence-corrected chi connectivity index (χ3v) is 2.37. The molecule has 0 aromatic rings. The van der Waals surface area contributed by atoms with Crippen LogP contribution < -0.4 is 5.32 Å². The first-order valence-corrected chi connectivity index (χ1v) is 6.03. The fourth-order valence-corrected chi connectivity index (χ4v) is 1.30. The highest BCUT2D eigenvalue weighted by atomic mass is 16.5. The molecule has 0 radical (unpaired) electrons. The molecule has 0 amide bonds. The van der Waals surface area contributed by atoms with Crippen molar-refractivity contribution in [3.63, 3.8) is 0 Å². The van der Waals surface area contributed by atoms with Gasteiger partial charge in [0.05, 0.1) is 12.5 Å². The van der Waals surface area contributed by atoms with E-state index < -0.39 is 0 Å². The zero-order chi connectivity index (χ0) is 11.4. The predicted octanol–water partition coefficient (Wildman–Crippen LogP) is 2.48. The monoisotopic (exact) mass is 212 g/mol. The van der Waals surface area contributed by atoms with Crippen LogP contribution in [0.15, 0.2) is 0 Å². The lowest BCUT2D eigenvalue weighted by atomic mass is 10.1. The Kier molecular flexibility index (Phi) is 11.0. The third kappa shape index (κ3) is 9.71. The molecule has 1 unspecified atom stereocenters. The highest BCUT2D eigenvalue weighted by Crippen LogP contribution is 1.96. The summed E-state index contributed by atoms with van der Waals surface area (Å²) in [5.41, 5.74) is 0. The van der Waals surface area contributed by atoms with E-state index in [-0.39, 0.29) is 0 Å². The molecule has 3 nitrogen and oxygen atoms in total. The zero-order valence-electron chi connectivity index (χ0n) is 10.1. The summed E-state index contributed by atoms with van der Waals surface area (Å²) in [5, 5.41) is 11.9. The van der Waals surface area contributed by atoms with Gasteiger partial charge in [0, 0.05) is 19.3 Å². The first-order valence-electron chi connectivity index (χ1n) is 6.03. The van der Waals surface area contributed by atoms with Crippen molar-refractivity contribution in [1.82, 2.24) is 5.32 Å². The Morgan fingerprint density at radius 2 is 2.00 bits per heavy atom. The summed E-state index contributed by atoms with van der Waals surface area (Å²) in [6.07, 6.45) is 5.00. The van der Waals surface area contributed by atoms with E-state index in [4.69, 9.17) is 10.00 Å². The molecule has 88 valence electrons. The fraction of sp³-hybridized carbons (Fsp3) is 0.917. The van der Waals surface area contributed by atoms with Crippen molar-refractivity contribution in [1.29, 1.82) is 5.26 Å². The van der Waals surface area contributed by atoms with Crippen LogP contribution in [0.4, 0.5) is 0 Å². The normalized spacial score (nSPS) is 12.3. The van der Waals surface area contributed by atoms with Crippen LogP contribution in [-0.4, -0.2) is 25.8 Å². The van der Waals surface area contributed by atoms with Gasteiger partial charge in [-0.1, -0.05) is 20.3 Å². The average molecular weight is 212 g/mol. The third-order valence-electron chi connectivity index (χ3n) is 2.37. The summed E-state index contributed by atoms with van der Waals surface area (Å²) >= 11 is 0. The maximum absolute atomic E-state index is 8.55. The molecule has 0 saturated heterocycles. The summed E-state index contributed by atoms with van der Waals surface area (Å²) in [7, 11) is 0. The number of hydrogen-bond acceptors (Lipinski definition) is 3. The second kappa shape index (κ2) is 11.5. The van der Waals surface area contributed by atoms with Gasteiger partial charge in [0.2, 0.25) is 0 Å². The minimum Gasteiger partial charge on any atom is -0.381 e. The highest BCUT2D eigenvalue weighted by Gasteiger charge is 2.02. The van der Waals surface area contributed by atoms with Gasteiger partial charge in [-0.05, 0) is 25.8 Å². The quantitative estimate of drug-likeness (QED) is 0.566. The lowest BCUT2D eigenvalue weighted by Crippen LogP contribution is -2.29. The maximum Gasteiger partial charge on any atom is 0.0638 e. The van der Waals surface area contributed by atoms with Crippen LogP contribution in [0, 0.1) is 11.3 Å². The van der Waals surface area contributed by atoms with Crippen molar-refractivity contribution in [2.75, 3.05) is 19.8 Å². The number of nitrogens with one attached hydrogen (secondary N) is 1. The average Bonchev–Trinajstić information content (AvgIpc) is 2.26. The summed E-state index contributed by atoms with van der Waals surface area (Å²) in [4.78, 5) is 0. The molecule has 0 aromatic carbocycles. The van der Waals surface area contributed by atoms with Gasteiger partial charge in [-0.15, -0.1) is 0 Å². The minimum atomic E-state index is 0.352. The van der Waals surface area contributed by atoms with Crippen molar-refractivity contribution >= 4 is 0 Å². The molecule has 0 saturated carbocycles. The van der Waals surface area contributed by atoms with Crippen molar-refractivity contribution in [3.8, 4) is 6.07 Å². The molecule has 3 heteroatoms. The smallest absolute Gasteiger partial charge is 0.0638 e. The van der Waals surface area contributed by atoms with E-state index in [1.54, 1.807) is 0 Å². The zero-order valence-corrected chi connectivity index (χ0v) is 10.1. The van der Waals surface area contributed by atoms with Gasteiger partial charge < -0.3 is 10.1 Å². The van der Waals surface area contributed by atoms with Crippen LogP contribution in [0.25, 0.3) is 0 Å². The van der Waals surface area contributed by atoms with Crippen molar-refractivity contribution < 1.29 is 4.74 Å². The number of nitrogens with zero attached hydrogens (tertiary/aromatic N) is 1. The summed E-state index contributed by atoms with van der Waals surface area (Å²) < 4.78 is 5.44. The summed E-state index contributed by atoms with van der Waals surface area (Å²) in [6, 6.07) is 2.55. The molecule has 0 aliphatic rings. The molecule has 0 aliphatic carbocycles. The first-order chi connectivity index (χ1) is 7.35. The van der Waals surface area contributed by atoms with Gasteiger partial charge in [-0.2, -0.15) is 5.26 Å². The molecular weight excluding hydrogens is 188 g/mol. The number of hydrogen-bond donors (Lipinski definition) is 1. The molecule has 0 rings (SSSR count). The van der Waals surface area contributed by atoms with Gasteiger partial charge in [-0.25, -0.2) is 0 Å². The van der Waals surface area contributed by atoms with Crippen LogP contribution in [0.3, 0.4) is 0 Å². The Hall–Kier alpha value is -0.590. The highest BCUT2D eigenvalue weighted by molar-refractivity contribution is 4.79. The molecule has 1 N–H and O–H groups in total. The van der Waals surface area contributed by atoms with Crippen molar-refractivity contribution in [2.45, 2.75) is 52.0 Å². The van der Waals surface area contributed by atoms with Gasteiger partial charge in [0.1, 0.15) is 0 Å². The van der Waals surface area contributed by atoms with Gasteiger partial charge in [-0.3, -0.25) is 0 Å². The number of ether oxygens (including phenoxy) is 1. The van der Waals surface area contributed by atoms with E-state index in [0.29, 0.717) is 12.5 Å². The molecule has 0 aliphatic heterocycles. The molecule has 0 fully saturated rings. The van der Waals surface area contributed by atoms with Gasteiger partial charge in [0.25, 0.3) is 0 Å². The minimum absolute atomic E-state index is 0.352. The van der Waals surface area contributed by atoms with E-state index >= 15 is 0 Å². The first kappa shape index (κ1) is 14.4. The molecule has 0 bridgehead atoms. The van der Waals surface area contributed by atoms with Crippen LogP contribution >= 0.6 is 0 Å².